The quantitative estimate of drug-likeness (QED) is 0.311. The van der Waals surface area contributed by atoms with Crippen molar-refractivity contribution in [2.45, 2.75) is 52.5 Å². The van der Waals surface area contributed by atoms with Crippen molar-refractivity contribution < 1.29 is 19.1 Å². The number of carbonyl (C=O) groups excluding carboxylic acids is 3. The van der Waals surface area contributed by atoms with Crippen molar-refractivity contribution in [2.24, 2.45) is 5.41 Å². The van der Waals surface area contributed by atoms with E-state index in [1.54, 1.807) is 12.1 Å². The summed E-state index contributed by atoms with van der Waals surface area (Å²) in [6.07, 6.45) is 4.56. The van der Waals surface area contributed by atoms with Crippen molar-refractivity contribution in [3.8, 4) is 0 Å². The van der Waals surface area contributed by atoms with Gasteiger partial charge in [-0.25, -0.2) is 9.69 Å². The summed E-state index contributed by atoms with van der Waals surface area (Å²) in [6.45, 7) is 8.14. The lowest BCUT2D eigenvalue weighted by Crippen LogP contribution is -2.43. The van der Waals surface area contributed by atoms with Gasteiger partial charge in [-0.3, -0.25) is 9.59 Å². The zero-order chi connectivity index (χ0) is 27.3. The summed E-state index contributed by atoms with van der Waals surface area (Å²) in [5, 5.41) is 0. The molecule has 0 N–H and O–H groups in total. The maximum atomic E-state index is 14.0. The molecule has 38 heavy (non-hydrogen) atoms. The maximum Gasteiger partial charge on any atom is 0.417 e. The predicted octanol–water partition coefficient (Wildman–Crippen LogP) is 6.86. The van der Waals surface area contributed by atoms with Crippen LogP contribution in [-0.2, 0) is 22.4 Å². The van der Waals surface area contributed by atoms with Crippen LogP contribution in [0.1, 0.15) is 66.2 Å². The van der Waals surface area contributed by atoms with Crippen molar-refractivity contribution in [3.63, 3.8) is 0 Å². The topological polar surface area (TPSA) is 63.7 Å². The molecule has 0 saturated carbocycles. The van der Waals surface area contributed by atoms with Crippen LogP contribution in [0.15, 0.2) is 84.9 Å². The van der Waals surface area contributed by atoms with Gasteiger partial charge in [0, 0.05) is 5.56 Å². The largest absolute Gasteiger partial charge is 0.447 e. The van der Waals surface area contributed by atoms with Crippen LogP contribution in [0.4, 0.5) is 4.79 Å². The van der Waals surface area contributed by atoms with E-state index >= 15 is 0 Å². The Morgan fingerprint density at radius 2 is 1.61 bits per heavy atom. The van der Waals surface area contributed by atoms with Gasteiger partial charge in [-0.05, 0) is 47.4 Å². The summed E-state index contributed by atoms with van der Waals surface area (Å²) in [4.78, 5) is 39.9. The second kappa shape index (κ2) is 11.6. The van der Waals surface area contributed by atoms with Crippen molar-refractivity contribution in [1.29, 1.82) is 0 Å². The maximum absolute atomic E-state index is 14.0. The summed E-state index contributed by atoms with van der Waals surface area (Å²) in [5.41, 5.74) is 4.52. The molecule has 5 heteroatoms. The number of hydrogen-bond acceptors (Lipinski definition) is 4. The Kier molecular flexibility index (Phi) is 8.26. The van der Waals surface area contributed by atoms with Gasteiger partial charge in [0.2, 0.25) is 5.91 Å². The highest BCUT2D eigenvalue weighted by Gasteiger charge is 2.41. The molecule has 1 aliphatic rings. The second-order valence-electron chi connectivity index (χ2n) is 11.0. The fourth-order valence-corrected chi connectivity index (χ4v) is 4.58. The number of Topliss-reactive ketones (excluding diaryl/α,β-unsaturated/α-hetero) is 1. The van der Waals surface area contributed by atoms with Gasteiger partial charge in [-0.1, -0.05) is 112 Å². The summed E-state index contributed by atoms with van der Waals surface area (Å²) < 4.78 is 5.35. The minimum Gasteiger partial charge on any atom is -0.447 e. The van der Waals surface area contributed by atoms with Crippen LogP contribution in [0.5, 0.6) is 0 Å². The number of carbonyl (C=O) groups is 3. The van der Waals surface area contributed by atoms with E-state index in [0.29, 0.717) is 18.4 Å². The number of rotatable bonds is 8. The highest BCUT2D eigenvalue weighted by Crippen LogP contribution is 2.29. The van der Waals surface area contributed by atoms with E-state index in [-0.39, 0.29) is 29.8 Å². The molecule has 1 saturated heterocycles. The Morgan fingerprint density at radius 3 is 2.21 bits per heavy atom. The first-order valence-electron chi connectivity index (χ1n) is 13.0. The van der Waals surface area contributed by atoms with Crippen LogP contribution in [0.2, 0.25) is 0 Å². The molecule has 0 spiro atoms. The number of benzene rings is 3. The van der Waals surface area contributed by atoms with Crippen molar-refractivity contribution in [3.05, 3.63) is 113 Å². The van der Waals surface area contributed by atoms with Crippen LogP contribution in [0.25, 0.3) is 6.08 Å². The first-order valence-corrected chi connectivity index (χ1v) is 13.0. The molecule has 196 valence electrons. The Hall–Kier alpha value is -3.99. The summed E-state index contributed by atoms with van der Waals surface area (Å²) in [6, 6.07) is 24.7. The van der Waals surface area contributed by atoms with Gasteiger partial charge in [-0.15, -0.1) is 0 Å². The van der Waals surface area contributed by atoms with Crippen LogP contribution < -0.4 is 0 Å². The summed E-state index contributed by atoms with van der Waals surface area (Å²) >= 11 is 0. The fourth-order valence-electron chi connectivity index (χ4n) is 4.58. The average Bonchev–Trinajstić information content (AvgIpc) is 3.26. The standard InChI is InChI=1S/C33H35NO4/c1-23(35)27-14-12-26(13-15-27)21-30(28-16-10-24(11-17-28)18-19-33(2,3)4)31(36)34-29(22-38-32(34)37)20-25-8-6-5-7-9-25/h5-19,29-30H,20-22H2,1-4H3/b19-18+/t29-,30+/m1/s1. The van der Waals surface area contributed by atoms with Crippen LogP contribution in [0, 0.1) is 5.41 Å². The third kappa shape index (κ3) is 6.86. The van der Waals surface area contributed by atoms with Crippen LogP contribution in [-0.4, -0.2) is 35.3 Å². The molecule has 2 amide bonds. The smallest absolute Gasteiger partial charge is 0.417 e. The van der Waals surface area contributed by atoms with Crippen LogP contribution >= 0.6 is 0 Å². The van der Waals surface area contributed by atoms with Gasteiger partial charge in [0.15, 0.2) is 5.78 Å². The van der Waals surface area contributed by atoms with Crippen molar-refractivity contribution >= 4 is 23.9 Å². The lowest BCUT2D eigenvalue weighted by molar-refractivity contribution is -0.130. The number of cyclic esters (lactones) is 1. The molecule has 5 nitrogen and oxygen atoms in total. The van der Waals surface area contributed by atoms with Gasteiger partial charge in [0.25, 0.3) is 0 Å². The van der Waals surface area contributed by atoms with E-state index in [2.05, 4.69) is 32.9 Å². The lowest BCUT2D eigenvalue weighted by Gasteiger charge is -2.25. The zero-order valence-corrected chi connectivity index (χ0v) is 22.5. The Labute approximate surface area is 225 Å². The molecule has 3 aromatic rings. The molecule has 0 bridgehead atoms. The normalized spacial score (nSPS) is 16.5. The van der Waals surface area contributed by atoms with Gasteiger partial charge in [0.05, 0.1) is 12.0 Å². The fraction of sp³-hybridized carbons (Fsp3) is 0.303. The van der Waals surface area contributed by atoms with Crippen LogP contribution in [0.3, 0.4) is 0 Å². The highest BCUT2D eigenvalue weighted by atomic mass is 16.6. The molecule has 0 aromatic heterocycles. The number of nitrogens with zero attached hydrogens (tertiary/aromatic N) is 1. The number of imide groups is 1. The molecular formula is C33H35NO4. The minimum atomic E-state index is -0.599. The van der Waals surface area contributed by atoms with Crippen molar-refractivity contribution in [1.82, 2.24) is 4.90 Å². The van der Waals surface area contributed by atoms with Gasteiger partial charge < -0.3 is 4.74 Å². The third-order valence-electron chi connectivity index (χ3n) is 6.73. The van der Waals surface area contributed by atoms with E-state index in [4.69, 9.17) is 4.74 Å². The van der Waals surface area contributed by atoms with Gasteiger partial charge >= 0.3 is 6.09 Å². The lowest BCUT2D eigenvalue weighted by atomic mass is 9.89. The van der Waals surface area contributed by atoms with E-state index in [1.165, 1.54) is 11.8 Å². The highest BCUT2D eigenvalue weighted by molar-refractivity contribution is 5.97. The summed E-state index contributed by atoms with van der Waals surface area (Å²) in [7, 11) is 0. The van der Waals surface area contributed by atoms with E-state index < -0.39 is 12.0 Å². The van der Waals surface area contributed by atoms with Gasteiger partial charge in [-0.2, -0.15) is 0 Å². The average molecular weight is 510 g/mol. The zero-order valence-electron chi connectivity index (χ0n) is 22.5. The Morgan fingerprint density at radius 1 is 0.947 bits per heavy atom. The number of allylic oxidation sites excluding steroid dienone is 1. The Bertz CT molecular complexity index is 1300. The first-order chi connectivity index (χ1) is 18.1. The molecule has 1 heterocycles. The molecule has 0 unspecified atom stereocenters. The molecule has 2 atom stereocenters. The number of ketones is 1. The van der Waals surface area contributed by atoms with Crippen molar-refractivity contribution in [2.75, 3.05) is 6.61 Å². The molecule has 1 fully saturated rings. The predicted molar refractivity (Wildman–Crippen MR) is 150 cm³/mol. The minimum absolute atomic E-state index is 0.00774. The number of ether oxygens (including phenoxy) is 1. The number of amides is 2. The SMILES string of the molecule is CC(=O)c1ccc(C[C@H](C(=O)N2C(=O)OC[C@H]2Cc2ccccc2)c2ccc(/C=C/C(C)(C)C)cc2)cc1. The van der Waals surface area contributed by atoms with Gasteiger partial charge in [0.1, 0.15) is 6.61 Å². The van der Waals surface area contributed by atoms with E-state index in [1.807, 2.05) is 66.7 Å². The molecule has 0 radical (unpaired) electrons. The molecule has 4 rings (SSSR count). The molecule has 1 aliphatic heterocycles. The second-order valence-corrected chi connectivity index (χ2v) is 11.0. The first kappa shape index (κ1) is 27.1. The summed E-state index contributed by atoms with van der Waals surface area (Å²) in [5.74, 6) is -0.864. The van der Waals surface area contributed by atoms with E-state index in [0.717, 1.165) is 22.3 Å². The molecule has 0 aliphatic carbocycles. The van der Waals surface area contributed by atoms with E-state index in [9.17, 15) is 14.4 Å². The number of hydrogen-bond donors (Lipinski definition) is 0. The molecular weight excluding hydrogens is 474 g/mol. The Balaban J connectivity index is 1.64. The third-order valence-corrected chi connectivity index (χ3v) is 6.73. The monoisotopic (exact) mass is 509 g/mol. The molecule has 3 aromatic carbocycles.